The van der Waals surface area contributed by atoms with Crippen LogP contribution in [0.3, 0.4) is 0 Å². The minimum absolute atomic E-state index is 0.666. The molecule has 0 atom stereocenters. The first-order chi connectivity index (χ1) is 9.59. The fourth-order valence-electron chi connectivity index (χ4n) is 2.45. The zero-order chi connectivity index (χ0) is 14.5. The molecule has 2 aromatic carbocycles. The third kappa shape index (κ3) is 3.32. The maximum Gasteiger partial charge on any atom is 0.125 e. The van der Waals surface area contributed by atoms with Crippen LogP contribution < -0.4 is 10.1 Å². The third-order valence-electron chi connectivity index (χ3n) is 3.54. The fraction of sp³-hybridized carbons (Fsp3) is 0.333. The van der Waals surface area contributed by atoms with Gasteiger partial charge >= 0.3 is 0 Å². The lowest BCUT2D eigenvalue weighted by molar-refractivity contribution is 0.328. The van der Waals surface area contributed by atoms with Gasteiger partial charge < -0.3 is 10.1 Å². The van der Waals surface area contributed by atoms with Crippen LogP contribution in [0.2, 0.25) is 0 Å². The lowest BCUT2D eigenvalue weighted by Crippen LogP contribution is -2.13. The predicted octanol–water partition coefficient (Wildman–Crippen LogP) is 4.41. The number of nitrogens with one attached hydrogen (secondary N) is 1. The Kier molecular flexibility index (Phi) is 4.67. The Morgan fingerprint density at radius 3 is 1.85 bits per heavy atom. The number of hydrogen-bond acceptors (Lipinski definition) is 2. The zero-order valence-corrected chi connectivity index (χ0v) is 12.8. The fourth-order valence-corrected chi connectivity index (χ4v) is 2.45. The normalized spacial score (nSPS) is 10.4. The number of ether oxygens (including phenoxy) is 1. The molecule has 2 nitrogen and oxygen atoms in total. The molecule has 0 fully saturated rings. The molecule has 20 heavy (non-hydrogen) atoms. The first-order valence-electron chi connectivity index (χ1n) is 7.08. The molecule has 2 rings (SSSR count). The Labute approximate surface area is 121 Å². The van der Waals surface area contributed by atoms with Crippen molar-refractivity contribution in [3.63, 3.8) is 0 Å². The topological polar surface area (TPSA) is 21.3 Å². The molecule has 0 aliphatic heterocycles. The Morgan fingerprint density at radius 1 is 0.800 bits per heavy atom. The predicted molar refractivity (Wildman–Crippen MR) is 85.8 cm³/mol. The Bertz CT molecular complexity index is 496. The molecular formula is C18H23NO. The van der Waals surface area contributed by atoms with Gasteiger partial charge in [-0.3, -0.25) is 0 Å². The van der Waals surface area contributed by atoms with E-state index < -0.39 is 0 Å². The van der Waals surface area contributed by atoms with Gasteiger partial charge in [-0.25, -0.2) is 0 Å². The monoisotopic (exact) mass is 269 g/mol. The van der Waals surface area contributed by atoms with Crippen molar-refractivity contribution in [2.24, 2.45) is 0 Å². The Morgan fingerprint density at radius 2 is 1.30 bits per heavy atom. The summed E-state index contributed by atoms with van der Waals surface area (Å²) in [6.45, 7) is 9.89. The largest absolute Gasteiger partial charge is 0.491 e. The van der Waals surface area contributed by atoms with Crippen molar-refractivity contribution in [1.82, 2.24) is 0 Å². The molecule has 0 unspecified atom stereocenters. The van der Waals surface area contributed by atoms with E-state index in [9.17, 15) is 0 Å². The average Bonchev–Trinajstić information content (AvgIpc) is 2.40. The van der Waals surface area contributed by atoms with Crippen molar-refractivity contribution in [3.8, 4) is 5.75 Å². The summed E-state index contributed by atoms with van der Waals surface area (Å²) in [6, 6.07) is 12.6. The van der Waals surface area contributed by atoms with E-state index in [2.05, 4.69) is 69.4 Å². The lowest BCUT2D eigenvalue weighted by Gasteiger charge is -2.15. The molecule has 0 aliphatic rings. The maximum absolute atomic E-state index is 5.91. The molecule has 0 aliphatic carbocycles. The van der Waals surface area contributed by atoms with E-state index in [0.717, 1.165) is 12.3 Å². The Hall–Kier alpha value is -1.96. The number of para-hydroxylation sites is 2. The zero-order valence-electron chi connectivity index (χ0n) is 12.8. The quantitative estimate of drug-likeness (QED) is 0.812. The van der Waals surface area contributed by atoms with Crippen LogP contribution in [-0.2, 0) is 0 Å². The van der Waals surface area contributed by atoms with Gasteiger partial charge in [-0.05, 0) is 49.9 Å². The smallest absolute Gasteiger partial charge is 0.125 e. The summed E-state index contributed by atoms with van der Waals surface area (Å²) < 4.78 is 5.91. The second-order valence-electron chi connectivity index (χ2n) is 5.26. The lowest BCUT2D eigenvalue weighted by atomic mass is 10.1. The number of rotatable bonds is 5. The molecule has 106 valence electrons. The minimum Gasteiger partial charge on any atom is -0.491 e. The van der Waals surface area contributed by atoms with Crippen LogP contribution in [0, 0.1) is 27.7 Å². The van der Waals surface area contributed by atoms with Gasteiger partial charge in [0.1, 0.15) is 12.4 Å². The third-order valence-corrected chi connectivity index (χ3v) is 3.54. The summed E-state index contributed by atoms with van der Waals surface area (Å²) in [5, 5.41) is 3.47. The SMILES string of the molecule is Cc1cccc(C)c1NCCOc1c(C)cccc1C. The van der Waals surface area contributed by atoms with Crippen LogP contribution in [0.1, 0.15) is 22.3 Å². The summed E-state index contributed by atoms with van der Waals surface area (Å²) in [5.41, 5.74) is 6.15. The molecule has 0 radical (unpaired) electrons. The van der Waals surface area contributed by atoms with Crippen molar-refractivity contribution in [1.29, 1.82) is 0 Å². The van der Waals surface area contributed by atoms with E-state index in [-0.39, 0.29) is 0 Å². The van der Waals surface area contributed by atoms with Crippen molar-refractivity contribution in [3.05, 3.63) is 58.7 Å². The van der Waals surface area contributed by atoms with Gasteiger partial charge in [-0.15, -0.1) is 0 Å². The molecule has 2 heteroatoms. The van der Waals surface area contributed by atoms with Crippen LogP contribution in [0.4, 0.5) is 5.69 Å². The second-order valence-corrected chi connectivity index (χ2v) is 5.26. The van der Waals surface area contributed by atoms with E-state index in [0.29, 0.717) is 6.61 Å². The maximum atomic E-state index is 5.91. The van der Waals surface area contributed by atoms with Crippen molar-refractivity contribution in [2.75, 3.05) is 18.5 Å². The number of benzene rings is 2. The molecule has 0 saturated heterocycles. The van der Waals surface area contributed by atoms with E-state index in [1.54, 1.807) is 0 Å². The minimum atomic E-state index is 0.666. The standard InChI is InChI=1S/C18H23NO/c1-13-7-5-8-14(2)17(13)19-11-12-20-18-15(3)9-6-10-16(18)4/h5-10,19H,11-12H2,1-4H3. The number of hydrogen-bond donors (Lipinski definition) is 1. The van der Waals surface area contributed by atoms with Gasteiger partial charge in [0, 0.05) is 12.2 Å². The van der Waals surface area contributed by atoms with Gasteiger partial charge in [0.25, 0.3) is 0 Å². The van der Waals surface area contributed by atoms with Gasteiger partial charge in [0.15, 0.2) is 0 Å². The average molecular weight is 269 g/mol. The van der Waals surface area contributed by atoms with E-state index in [1.807, 2.05) is 0 Å². The van der Waals surface area contributed by atoms with Gasteiger partial charge in [0.2, 0.25) is 0 Å². The van der Waals surface area contributed by atoms with Gasteiger partial charge in [0.05, 0.1) is 0 Å². The molecule has 1 N–H and O–H groups in total. The molecule has 0 heterocycles. The van der Waals surface area contributed by atoms with E-state index in [1.165, 1.54) is 27.9 Å². The molecule has 0 amide bonds. The molecule has 0 bridgehead atoms. The van der Waals surface area contributed by atoms with Crippen LogP contribution in [-0.4, -0.2) is 13.2 Å². The van der Waals surface area contributed by atoms with Crippen molar-refractivity contribution < 1.29 is 4.74 Å². The molecule has 0 saturated carbocycles. The highest BCUT2D eigenvalue weighted by atomic mass is 16.5. The highest BCUT2D eigenvalue weighted by Crippen LogP contribution is 2.22. The van der Waals surface area contributed by atoms with Crippen LogP contribution in [0.25, 0.3) is 0 Å². The van der Waals surface area contributed by atoms with Crippen molar-refractivity contribution in [2.45, 2.75) is 27.7 Å². The first-order valence-corrected chi connectivity index (χ1v) is 7.08. The van der Waals surface area contributed by atoms with E-state index in [4.69, 9.17) is 4.74 Å². The molecule has 2 aromatic rings. The number of aryl methyl sites for hydroxylation is 4. The molecule has 0 spiro atoms. The van der Waals surface area contributed by atoms with Crippen LogP contribution in [0.5, 0.6) is 5.75 Å². The van der Waals surface area contributed by atoms with Crippen LogP contribution >= 0.6 is 0 Å². The summed E-state index contributed by atoms with van der Waals surface area (Å²) in [7, 11) is 0. The number of anilines is 1. The van der Waals surface area contributed by atoms with Crippen molar-refractivity contribution >= 4 is 5.69 Å². The summed E-state index contributed by atoms with van der Waals surface area (Å²) in [5.74, 6) is 1.01. The Balaban J connectivity index is 1.91. The summed E-state index contributed by atoms with van der Waals surface area (Å²) in [4.78, 5) is 0. The van der Waals surface area contributed by atoms with E-state index >= 15 is 0 Å². The summed E-state index contributed by atoms with van der Waals surface area (Å²) in [6.07, 6.45) is 0. The first kappa shape index (κ1) is 14.4. The highest BCUT2D eigenvalue weighted by Gasteiger charge is 2.04. The highest BCUT2D eigenvalue weighted by molar-refractivity contribution is 5.56. The van der Waals surface area contributed by atoms with Gasteiger partial charge in [-0.2, -0.15) is 0 Å². The molecule has 0 aromatic heterocycles. The second kappa shape index (κ2) is 6.47. The summed E-state index contributed by atoms with van der Waals surface area (Å²) >= 11 is 0. The van der Waals surface area contributed by atoms with Crippen LogP contribution in [0.15, 0.2) is 36.4 Å². The van der Waals surface area contributed by atoms with Gasteiger partial charge in [-0.1, -0.05) is 36.4 Å². The molecular weight excluding hydrogens is 246 g/mol.